The number of benzene rings is 1. The molecule has 0 aliphatic carbocycles. The summed E-state index contributed by atoms with van der Waals surface area (Å²) >= 11 is 0. The Bertz CT molecular complexity index is 593. The highest BCUT2D eigenvalue weighted by Gasteiger charge is 2.07. The van der Waals surface area contributed by atoms with Crippen molar-refractivity contribution in [2.45, 2.75) is 19.4 Å². The van der Waals surface area contributed by atoms with Gasteiger partial charge in [-0.15, -0.1) is 0 Å². The summed E-state index contributed by atoms with van der Waals surface area (Å²) in [4.78, 5) is 10.1. The Morgan fingerprint density at radius 1 is 1.39 bits per heavy atom. The van der Waals surface area contributed by atoms with Crippen LogP contribution in [0.4, 0.5) is 11.4 Å². The van der Waals surface area contributed by atoms with Crippen LogP contribution in [-0.4, -0.2) is 15.6 Å². The third kappa shape index (κ3) is 4.17. The molecule has 5 heteroatoms. The second-order valence-corrected chi connectivity index (χ2v) is 4.09. The zero-order valence-corrected chi connectivity index (χ0v) is 10.0. The number of nitrogen functional groups attached to an aromatic ring is 1. The quantitative estimate of drug-likeness (QED) is 0.337. The van der Waals surface area contributed by atoms with E-state index < -0.39 is 10.5 Å². The van der Waals surface area contributed by atoms with Gasteiger partial charge in [0.1, 0.15) is 5.60 Å². The van der Waals surface area contributed by atoms with Gasteiger partial charge in [0.2, 0.25) is 0 Å². The summed E-state index contributed by atoms with van der Waals surface area (Å²) in [5.41, 5.74) is 5.12. The number of anilines is 1. The third-order valence-electron chi connectivity index (χ3n) is 1.88. The van der Waals surface area contributed by atoms with E-state index in [4.69, 9.17) is 5.73 Å². The molecule has 5 nitrogen and oxygen atoms in total. The lowest BCUT2D eigenvalue weighted by Gasteiger charge is -2.04. The van der Waals surface area contributed by atoms with E-state index >= 15 is 0 Å². The van der Waals surface area contributed by atoms with Gasteiger partial charge in [-0.1, -0.05) is 11.8 Å². The summed E-state index contributed by atoms with van der Waals surface area (Å²) < 4.78 is 0. The van der Waals surface area contributed by atoms with Crippen LogP contribution in [0.25, 0.3) is 0 Å². The van der Waals surface area contributed by atoms with Crippen molar-refractivity contribution in [1.29, 1.82) is 0 Å². The number of nitrogens with zero attached hydrogens (tertiary/aromatic N) is 1. The third-order valence-corrected chi connectivity index (χ3v) is 1.88. The Labute approximate surface area is 105 Å². The standard InChI is InChI=1S/C13H12N2O3/c1-13(2,16)8-4-3-5-10-9-11(15(17)18)6-7-12(10)14/h6-7,9,16H,14H2,1-2H3. The Morgan fingerprint density at radius 2 is 2.06 bits per heavy atom. The van der Waals surface area contributed by atoms with Crippen molar-refractivity contribution in [3.05, 3.63) is 33.9 Å². The maximum atomic E-state index is 10.6. The fraction of sp³-hybridized carbons (Fsp3) is 0.231. The van der Waals surface area contributed by atoms with Crippen LogP contribution in [0, 0.1) is 33.8 Å². The van der Waals surface area contributed by atoms with Crippen molar-refractivity contribution in [1.82, 2.24) is 0 Å². The summed E-state index contributed by atoms with van der Waals surface area (Å²) in [5.74, 6) is 10.1. The maximum absolute atomic E-state index is 10.6. The lowest BCUT2D eigenvalue weighted by Crippen LogP contribution is -2.14. The molecule has 0 saturated carbocycles. The summed E-state index contributed by atoms with van der Waals surface area (Å²) in [6.45, 7) is 3.06. The van der Waals surface area contributed by atoms with E-state index in [0.717, 1.165) is 0 Å². The van der Waals surface area contributed by atoms with E-state index in [9.17, 15) is 15.2 Å². The number of hydrogen-bond donors (Lipinski definition) is 2. The predicted molar refractivity (Wildman–Crippen MR) is 68.5 cm³/mol. The molecule has 0 fully saturated rings. The first-order chi connectivity index (χ1) is 8.29. The van der Waals surface area contributed by atoms with Crippen LogP contribution in [0.5, 0.6) is 0 Å². The van der Waals surface area contributed by atoms with Crippen LogP contribution in [0.15, 0.2) is 18.2 Å². The van der Waals surface area contributed by atoms with Crippen LogP contribution in [0.2, 0.25) is 0 Å². The van der Waals surface area contributed by atoms with Crippen LogP contribution >= 0.6 is 0 Å². The summed E-state index contributed by atoms with van der Waals surface area (Å²) in [6.07, 6.45) is 0. The lowest BCUT2D eigenvalue weighted by molar-refractivity contribution is -0.384. The summed E-state index contributed by atoms with van der Waals surface area (Å²) in [6, 6.07) is 4.02. The molecule has 0 bridgehead atoms. The molecule has 3 N–H and O–H groups in total. The van der Waals surface area contributed by atoms with E-state index in [1.54, 1.807) is 0 Å². The minimum Gasteiger partial charge on any atom is -0.398 e. The van der Waals surface area contributed by atoms with Crippen molar-refractivity contribution in [2.24, 2.45) is 0 Å². The smallest absolute Gasteiger partial charge is 0.270 e. The summed E-state index contributed by atoms with van der Waals surface area (Å²) in [7, 11) is 0. The van der Waals surface area contributed by atoms with Crippen molar-refractivity contribution < 1.29 is 10.0 Å². The molecular weight excluding hydrogens is 232 g/mol. The van der Waals surface area contributed by atoms with Gasteiger partial charge >= 0.3 is 0 Å². The number of rotatable bonds is 1. The minimum absolute atomic E-state index is 0.0797. The van der Waals surface area contributed by atoms with E-state index in [1.165, 1.54) is 32.0 Å². The van der Waals surface area contributed by atoms with Gasteiger partial charge in [0.05, 0.1) is 10.5 Å². The Balaban J connectivity index is 3.04. The molecule has 92 valence electrons. The number of non-ortho nitro benzene ring substituents is 1. The number of nitrogens with two attached hydrogens (primary N) is 1. The SMILES string of the molecule is CC(C)(O)C#CC#Cc1cc([N+](=O)[O-])ccc1N. The largest absolute Gasteiger partial charge is 0.398 e. The Kier molecular flexibility index (Phi) is 3.93. The first kappa shape index (κ1) is 13.6. The molecule has 1 aromatic rings. The highest BCUT2D eigenvalue weighted by atomic mass is 16.6. The van der Waals surface area contributed by atoms with Crippen molar-refractivity contribution in [3.8, 4) is 23.7 Å². The Morgan fingerprint density at radius 3 is 2.61 bits per heavy atom. The van der Waals surface area contributed by atoms with Crippen LogP contribution < -0.4 is 5.73 Å². The average molecular weight is 244 g/mol. The molecule has 0 atom stereocenters. The van der Waals surface area contributed by atoms with Crippen molar-refractivity contribution in [2.75, 3.05) is 5.73 Å². The number of aliphatic hydroxyl groups is 1. The molecule has 18 heavy (non-hydrogen) atoms. The number of nitro groups is 1. The van der Waals surface area contributed by atoms with Gasteiger partial charge in [-0.05, 0) is 31.8 Å². The lowest BCUT2D eigenvalue weighted by atomic mass is 10.1. The van der Waals surface area contributed by atoms with E-state index in [0.29, 0.717) is 11.3 Å². The Hall–Kier alpha value is -2.50. The molecule has 0 aliphatic rings. The molecule has 1 rings (SSSR count). The molecule has 0 aromatic heterocycles. The highest BCUT2D eigenvalue weighted by molar-refractivity contribution is 5.61. The molecule has 0 heterocycles. The first-order valence-electron chi connectivity index (χ1n) is 5.09. The second kappa shape index (κ2) is 5.22. The highest BCUT2D eigenvalue weighted by Crippen LogP contribution is 2.18. The normalized spacial score (nSPS) is 9.72. The van der Waals surface area contributed by atoms with Gasteiger partial charge in [0.15, 0.2) is 0 Å². The van der Waals surface area contributed by atoms with Crippen LogP contribution in [0.3, 0.4) is 0 Å². The fourth-order valence-electron chi connectivity index (χ4n) is 1.05. The van der Waals surface area contributed by atoms with E-state index in [2.05, 4.69) is 23.7 Å². The van der Waals surface area contributed by atoms with Gasteiger partial charge in [-0.3, -0.25) is 10.1 Å². The molecular formula is C13H12N2O3. The molecule has 0 amide bonds. The monoisotopic (exact) mass is 244 g/mol. The van der Waals surface area contributed by atoms with E-state index in [1.807, 2.05) is 0 Å². The predicted octanol–water partition coefficient (Wildman–Crippen LogP) is 1.30. The average Bonchev–Trinajstić information content (AvgIpc) is 2.24. The van der Waals surface area contributed by atoms with Gasteiger partial charge in [0.25, 0.3) is 5.69 Å². The molecule has 0 unspecified atom stereocenters. The zero-order valence-electron chi connectivity index (χ0n) is 10.0. The number of hydrogen-bond acceptors (Lipinski definition) is 4. The van der Waals surface area contributed by atoms with Crippen LogP contribution in [-0.2, 0) is 0 Å². The van der Waals surface area contributed by atoms with Gasteiger partial charge in [-0.2, -0.15) is 0 Å². The van der Waals surface area contributed by atoms with Gasteiger partial charge in [0, 0.05) is 17.8 Å². The summed E-state index contributed by atoms with van der Waals surface area (Å²) in [5, 5.41) is 19.9. The van der Waals surface area contributed by atoms with Gasteiger partial charge in [-0.25, -0.2) is 0 Å². The second-order valence-electron chi connectivity index (χ2n) is 4.09. The number of nitro benzene ring substituents is 1. The molecule has 0 saturated heterocycles. The molecule has 0 spiro atoms. The topological polar surface area (TPSA) is 89.4 Å². The minimum atomic E-state index is -1.12. The molecule has 0 aliphatic heterocycles. The van der Waals surface area contributed by atoms with Crippen molar-refractivity contribution in [3.63, 3.8) is 0 Å². The van der Waals surface area contributed by atoms with Crippen molar-refractivity contribution >= 4 is 11.4 Å². The molecule has 1 aromatic carbocycles. The van der Waals surface area contributed by atoms with Gasteiger partial charge < -0.3 is 10.8 Å². The zero-order chi connectivity index (χ0) is 13.8. The van der Waals surface area contributed by atoms with E-state index in [-0.39, 0.29) is 5.69 Å². The fourth-order valence-corrected chi connectivity index (χ4v) is 1.05. The first-order valence-corrected chi connectivity index (χ1v) is 5.09. The molecule has 0 radical (unpaired) electrons. The van der Waals surface area contributed by atoms with Crippen LogP contribution in [0.1, 0.15) is 19.4 Å². The maximum Gasteiger partial charge on any atom is 0.270 e.